The summed E-state index contributed by atoms with van der Waals surface area (Å²) in [6.07, 6.45) is 3.73. The molecule has 1 saturated heterocycles. The molecule has 11 atom stereocenters. The van der Waals surface area contributed by atoms with Crippen molar-refractivity contribution in [3.8, 4) is 0 Å². The Hall–Kier alpha value is -0.910. The fourth-order valence-corrected chi connectivity index (χ4v) is 10.3. The maximum Gasteiger partial charge on any atom is 0.303 e. The highest BCUT2D eigenvalue weighted by Crippen LogP contribution is 2.83. The number of ether oxygens (including phenoxy) is 1. The highest BCUT2D eigenvalue weighted by molar-refractivity contribution is 5.67. The summed E-state index contributed by atoms with van der Waals surface area (Å²) in [5.41, 5.74) is 0.578. The maximum absolute atomic E-state index is 12.1. The molecule has 0 aromatic rings. The standard InChI is InChI=1S/C24H35NO4/c1-5-25-11-22(4)8-7-17(27)24-16(22)10-15(20(24)25)23-9-6-14(18(28)19(23)24)12(2)21(23)29-13(3)26/h14-21,27-28H,2,5-11H2,1,3-4H3/t14-,15+,16-,17+,18+,19-,20-,21-,22+,23+,24-/m1/s1. The molecule has 1 heterocycles. The lowest BCUT2D eigenvalue weighted by Gasteiger charge is -2.69. The maximum atomic E-state index is 12.1. The van der Waals surface area contributed by atoms with Crippen LogP contribution in [0.1, 0.15) is 52.9 Å². The van der Waals surface area contributed by atoms with Gasteiger partial charge in [-0.2, -0.15) is 0 Å². The van der Waals surface area contributed by atoms with Gasteiger partial charge in [-0.3, -0.25) is 9.69 Å². The molecular weight excluding hydrogens is 366 g/mol. The first-order valence-corrected chi connectivity index (χ1v) is 11.7. The molecule has 5 heteroatoms. The van der Waals surface area contributed by atoms with Gasteiger partial charge in [0.05, 0.1) is 12.2 Å². The molecule has 7 fully saturated rings. The molecule has 29 heavy (non-hydrogen) atoms. The van der Waals surface area contributed by atoms with Crippen molar-refractivity contribution in [2.45, 2.75) is 77.2 Å². The zero-order chi connectivity index (χ0) is 20.5. The van der Waals surface area contributed by atoms with Crippen molar-refractivity contribution in [1.29, 1.82) is 0 Å². The van der Waals surface area contributed by atoms with E-state index in [9.17, 15) is 15.0 Å². The molecule has 1 aliphatic heterocycles. The number of hydrogen-bond donors (Lipinski definition) is 2. The first kappa shape index (κ1) is 18.8. The average Bonchev–Trinajstić information content (AvgIpc) is 3.11. The Labute approximate surface area is 173 Å². The number of nitrogens with zero attached hydrogens (tertiary/aromatic N) is 1. The summed E-state index contributed by atoms with van der Waals surface area (Å²) in [4.78, 5) is 14.7. The molecule has 6 saturated carbocycles. The van der Waals surface area contributed by atoms with Crippen molar-refractivity contribution in [2.75, 3.05) is 13.1 Å². The molecule has 7 bridgehead atoms. The Balaban J connectivity index is 1.60. The van der Waals surface area contributed by atoms with E-state index in [4.69, 9.17) is 4.74 Å². The lowest BCUT2D eigenvalue weighted by Crippen LogP contribution is -2.72. The number of rotatable bonds is 2. The number of likely N-dealkylation sites (tertiary alicyclic amines) is 1. The fraction of sp³-hybridized carbons (Fsp3) is 0.875. The van der Waals surface area contributed by atoms with E-state index < -0.39 is 6.10 Å². The summed E-state index contributed by atoms with van der Waals surface area (Å²) >= 11 is 0. The van der Waals surface area contributed by atoms with Crippen LogP contribution in [-0.4, -0.2) is 58.5 Å². The van der Waals surface area contributed by atoms with Crippen LogP contribution in [-0.2, 0) is 9.53 Å². The van der Waals surface area contributed by atoms with Crippen LogP contribution < -0.4 is 0 Å². The van der Waals surface area contributed by atoms with E-state index in [2.05, 4.69) is 25.3 Å². The number of hydrogen-bond acceptors (Lipinski definition) is 5. The quantitative estimate of drug-likeness (QED) is 0.549. The largest absolute Gasteiger partial charge is 0.457 e. The van der Waals surface area contributed by atoms with Crippen LogP contribution >= 0.6 is 0 Å². The number of aliphatic hydroxyl groups is 2. The Bertz CT molecular complexity index is 798. The molecule has 7 aliphatic rings. The Morgan fingerprint density at radius 2 is 2.07 bits per heavy atom. The molecule has 6 aliphatic carbocycles. The number of piperidine rings is 1. The van der Waals surface area contributed by atoms with Gasteiger partial charge in [0.15, 0.2) is 0 Å². The second kappa shape index (κ2) is 5.46. The average molecular weight is 402 g/mol. The van der Waals surface area contributed by atoms with Gasteiger partial charge in [-0.15, -0.1) is 0 Å². The van der Waals surface area contributed by atoms with Crippen molar-refractivity contribution in [1.82, 2.24) is 4.90 Å². The van der Waals surface area contributed by atoms with Gasteiger partial charge in [-0.1, -0.05) is 20.4 Å². The third-order valence-electron chi connectivity index (χ3n) is 10.8. The molecular formula is C24H35NO4. The van der Waals surface area contributed by atoms with Gasteiger partial charge < -0.3 is 14.9 Å². The van der Waals surface area contributed by atoms with Crippen molar-refractivity contribution in [3.05, 3.63) is 12.2 Å². The molecule has 2 N–H and O–H groups in total. The Kier molecular flexibility index (Phi) is 3.55. The van der Waals surface area contributed by atoms with Crippen LogP contribution in [0.25, 0.3) is 0 Å². The van der Waals surface area contributed by atoms with E-state index in [-0.39, 0.29) is 52.3 Å². The van der Waals surface area contributed by atoms with E-state index in [1.165, 1.54) is 6.92 Å². The van der Waals surface area contributed by atoms with E-state index in [0.29, 0.717) is 11.8 Å². The Morgan fingerprint density at radius 1 is 1.31 bits per heavy atom. The number of esters is 1. The minimum atomic E-state index is -0.479. The lowest BCUT2D eigenvalue weighted by atomic mass is 9.38. The topological polar surface area (TPSA) is 70.0 Å². The van der Waals surface area contributed by atoms with E-state index in [1.807, 2.05) is 0 Å². The van der Waals surface area contributed by atoms with Crippen LogP contribution in [0.5, 0.6) is 0 Å². The zero-order valence-electron chi connectivity index (χ0n) is 17.9. The molecule has 160 valence electrons. The predicted octanol–water partition coefficient (Wildman–Crippen LogP) is 2.36. The van der Waals surface area contributed by atoms with E-state index >= 15 is 0 Å². The minimum absolute atomic E-state index is 0.00123. The van der Waals surface area contributed by atoms with Gasteiger partial charge in [0.25, 0.3) is 0 Å². The molecule has 0 aromatic heterocycles. The van der Waals surface area contributed by atoms with Crippen LogP contribution in [0.4, 0.5) is 0 Å². The first-order chi connectivity index (χ1) is 13.7. The third-order valence-corrected chi connectivity index (χ3v) is 10.8. The number of fused-ring (bicyclic) bond motifs is 2. The number of aliphatic hydroxyl groups excluding tert-OH is 2. The van der Waals surface area contributed by atoms with Gasteiger partial charge >= 0.3 is 5.97 Å². The second-order valence-electron chi connectivity index (χ2n) is 11.4. The highest BCUT2D eigenvalue weighted by Gasteiger charge is 2.86. The van der Waals surface area contributed by atoms with E-state index in [0.717, 1.165) is 50.8 Å². The fourth-order valence-electron chi connectivity index (χ4n) is 10.3. The molecule has 5 nitrogen and oxygen atoms in total. The zero-order valence-corrected chi connectivity index (χ0v) is 17.9. The Morgan fingerprint density at radius 3 is 2.76 bits per heavy atom. The lowest BCUT2D eigenvalue weighted by molar-refractivity contribution is -0.259. The van der Waals surface area contributed by atoms with Crippen molar-refractivity contribution in [2.24, 2.45) is 39.9 Å². The smallest absolute Gasteiger partial charge is 0.303 e. The van der Waals surface area contributed by atoms with Crippen LogP contribution in [0.2, 0.25) is 0 Å². The molecule has 0 unspecified atom stereocenters. The summed E-state index contributed by atoms with van der Waals surface area (Å²) in [7, 11) is 0. The molecule has 0 amide bonds. The normalized spacial score (nSPS) is 59.7. The predicted molar refractivity (Wildman–Crippen MR) is 108 cm³/mol. The molecule has 0 radical (unpaired) electrons. The van der Waals surface area contributed by atoms with Crippen molar-refractivity contribution < 1.29 is 19.7 Å². The first-order valence-electron chi connectivity index (χ1n) is 11.7. The summed E-state index contributed by atoms with van der Waals surface area (Å²) in [6, 6.07) is 0.281. The molecule has 0 aromatic carbocycles. The third kappa shape index (κ3) is 1.77. The van der Waals surface area contributed by atoms with Gasteiger partial charge in [0, 0.05) is 42.2 Å². The van der Waals surface area contributed by atoms with Crippen LogP contribution in [0, 0.1) is 39.9 Å². The monoisotopic (exact) mass is 401 g/mol. The molecule has 7 rings (SSSR count). The SMILES string of the molecule is C=C1[C@H]2CC[C@@]3([C@@H]1OC(C)=O)[C@@H]([C@H]2O)[C@]12[C@@H]4C[C@H]3[C@H]1N(CC)C[C@]4(C)CC[C@@H]2O. The van der Waals surface area contributed by atoms with Crippen LogP contribution in [0.15, 0.2) is 12.2 Å². The van der Waals surface area contributed by atoms with Gasteiger partial charge in [0.2, 0.25) is 0 Å². The second-order valence-corrected chi connectivity index (χ2v) is 11.4. The van der Waals surface area contributed by atoms with Crippen molar-refractivity contribution >= 4 is 5.97 Å². The molecule has 2 spiro atoms. The van der Waals surface area contributed by atoms with Crippen molar-refractivity contribution in [3.63, 3.8) is 0 Å². The summed E-state index contributed by atoms with van der Waals surface area (Å²) in [5, 5.41) is 23.4. The highest BCUT2D eigenvalue weighted by atomic mass is 16.5. The van der Waals surface area contributed by atoms with Crippen LogP contribution in [0.3, 0.4) is 0 Å². The minimum Gasteiger partial charge on any atom is -0.457 e. The number of carbonyl (C=O) groups is 1. The number of carbonyl (C=O) groups excluding carboxylic acids is 1. The van der Waals surface area contributed by atoms with E-state index in [1.54, 1.807) is 0 Å². The summed E-state index contributed by atoms with van der Waals surface area (Å²) in [6.45, 7) is 12.6. The van der Waals surface area contributed by atoms with Gasteiger partial charge in [0.1, 0.15) is 6.10 Å². The summed E-state index contributed by atoms with van der Waals surface area (Å²) < 4.78 is 6.01. The summed E-state index contributed by atoms with van der Waals surface area (Å²) in [5.74, 6) is 0.532. The van der Waals surface area contributed by atoms with Gasteiger partial charge in [-0.25, -0.2) is 0 Å². The van der Waals surface area contributed by atoms with Gasteiger partial charge in [-0.05, 0) is 61.5 Å².